The van der Waals surface area contributed by atoms with Crippen molar-refractivity contribution in [2.45, 2.75) is 4.90 Å². The van der Waals surface area contributed by atoms with Crippen molar-refractivity contribution in [1.29, 1.82) is 0 Å². The van der Waals surface area contributed by atoms with Crippen molar-refractivity contribution in [3.8, 4) is 11.5 Å². The third-order valence-electron chi connectivity index (χ3n) is 4.53. The first-order chi connectivity index (χ1) is 15.5. The predicted octanol–water partition coefficient (Wildman–Crippen LogP) is 5.09. The van der Waals surface area contributed by atoms with Crippen LogP contribution in [-0.4, -0.2) is 31.7 Å². The smallest absolute Gasteiger partial charge is 0.255 e. The molecule has 0 aliphatic heterocycles. The van der Waals surface area contributed by atoms with E-state index in [0.29, 0.717) is 22.7 Å². The van der Waals surface area contributed by atoms with Gasteiger partial charge in [0.1, 0.15) is 5.75 Å². The number of anilines is 1. The Bertz CT molecular complexity index is 1180. The minimum Gasteiger partial charge on any atom is -0.455 e. The van der Waals surface area contributed by atoms with E-state index < -0.39 is 10.0 Å². The number of sulfonamides is 1. The largest absolute Gasteiger partial charge is 0.455 e. The van der Waals surface area contributed by atoms with Gasteiger partial charge in [-0.1, -0.05) is 42.5 Å². The first kappa shape index (κ1) is 23.0. The number of nitrogens with zero attached hydrogens (tertiary/aromatic N) is 1. The van der Waals surface area contributed by atoms with Gasteiger partial charge in [-0.05, 0) is 48.5 Å². The molecule has 6 nitrogen and oxygen atoms in total. The zero-order valence-electron chi connectivity index (χ0n) is 17.5. The molecule has 1 N–H and O–H groups in total. The molecule has 0 saturated carbocycles. The Morgan fingerprint density at radius 2 is 1.47 bits per heavy atom. The van der Waals surface area contributed by atoms with E-state index in [1.54, 1.807) is 18.2 Å². The molecule has 7 heteroatoms. The van der Waals surface area contributed by atoms with E-state index in [4.69, 9.17) is 4.74 Å². The molecular formula is C25H24N2O4S. The van der Waals surface area contributed by atoms with E-state index in [-0.39, 0.29) is 23.9 Å². The molecule has 0 fully saturated rings. The van der Waals surface area contributed by atoms with Crippen molar-refractivity contribution in [3.63, 3.8) is 0 Å². The molecule has 32 heavy (non-hydrogen) atoms. The average Bonchev–Trinajstić information content (AvgIpc) is 2.81. The molecular weight excluding hydrogens is 424 g/mol. The summed E-state index contributed by atoms with van der Waals surface area (Å²) in [6, 6.07) is 22.1. The second kappa shape index (κ2) is 10.6. The van der Waals surface area contributed by atoms with E-state index in [1.165, 1.54) is 40.7 Å². The van der Waals surface area contributed by atoms with E-state index in [2.05, 4.69) is 18.5 Å². The lowest BCUT2D eigenvalue weighted by atomic mass is 10.2. The maximum atomic E-state index is 12.8. The highest BCUT2D eigenvalue weighted by molar-refractivity contribution is 7.89. The van der Waals surface area contributed by atoms with Crippen molar-refractivity contribution in [2.24, 2.45) is 0 Å². The Hall–Kier alpha value is -3.68. The summed E-state index contributed by atoms with van der Waals surface area (Å²) in [6.07, 6.45) is 3.02. The van der Waals surface area contributed by atoms with Crippen LogP contribution in [-0.2, 0) is 10.0 Å². The standard InChI is InChI=1S/C25H24N2O4S/c1-3-18-27(19-4-2)32(29,30)22-16-14-20(15-17-22)25(28)26-23-12-8-9-13-24(23)31-21-10-6-5-7-11-21/h3-17H,1-2,18-19H2,(H,26,28). The number of rotatable bonds is 10. The Morgan fingerprint density at radius 1 is 0.875 bits per heavy atom. The SMILES string of the molecule is C=CCN(CC=C)S(=O)(=O)c1ccc(C(=O)Nc2ccccc2Oc2ccccc2)cc1. The van der Waals surface area contributed by atoms with Crippen LogP contribution in [0.1, 0.15) is 10.4 Å². The quantitative estimate of drug-likeness (QED) is 0.438. The number of carbonyl (C=O) groups is 1. The summed E-state index contributed by atoms with van der Waals surface area (Å²) in [5.41, 5.74) is 0.818. The number of para-hydroxylation sites is 3. The van der Waals surface area contributed by atoms with Crippen LogP contribution < -0.4 is 10.1 Å². The fraction of sp³-hybridized carbons (Fsp3) is 0.0800. The van der Waals surface area contributed by atoms with Crippen LogP contribution in [0.4, 0.5) is 5.69 Å². The van der Waals surface area contributed by atoms with Gasteiger partial charge in [0.15, 0.2) is 5.75 Å². The number of hydrogen-bond donors (Lipinski definition) is 1. The van der Waals surface area contributed by atoms with Gasteiger partial charge in [-0.15, -0.1) is 13.2 Å². The first-order valence-corrected chi connectivity index (χ1v) is 11.3. The molecule has 3 rings (SSSR count). The number of nitrogens with one attached hydrogen (secondary N) is 1. The molecule has 0 atom stereocenters. The maximum absolute atomic E-state index is 12.8. The lowest BCUT2D eigenvalue weighted by molar-refractivity contribution is 0.102. The summed E-state index contributed by atoms with van der Waals surface area (Å²) < 4.78 is 32.7. The van der Waals surface area contributed by atoms with Crippen LogP contribution in [0.2, 0.25) is 0 Å². The monoisotopic (exact) mass is 448 g/mol. The normalized spacial score (nSPS) is 11.0. The minimum atomic E-state index is -3.73. The molecule has 0 aromatic heterocycles. The molecule has 0 bridgehead atoms. The van der Waals surface area contributed by atoms with Gasteiger partial charge in [0.05, 0.1) is 10.6 Å². The van der Waals surface area contributed by atoms with Crippen molar-refractivity contribution in [1.82, 2.24) is 4.31 Å². The molecule has 3 aromatic carbocycles. The zero-order chi connectivity index (χ0) is 23.0. The number of ether oxygens (including phenoxy) is 1. The van der Waals surface area contributed by atoms with Gasteiger partial charge in [-0.3, -0.25) is 4.79 Å². The Labute approximate surface area is 188 Å². The van der Waals surface area contributed by atoms with Crippen LogP contribution >= 0.6 is 0 Å². The summed E-state index contributed by atoms with van der Waals surface area (Å²) in [5, 5.41) is 2.82. The minimum absolute atomic E-state index is 0.0885. The van der Waals surface area contributed by atoms with Crippen LogP contribution in [0.15, 0.2) is 109 Å². The third-order valence-corrected chi connectivity index (χ3v) is 6.37. The van der Waals surface area contributed by atoms with Gasteiger partial charge in [0, 0.05) is 18.7 Å². The van der Waals surface area contributed by atoms with Crippen molar-refractivity contribution in [3.05, 3.63) is 110 Å². The molecule has 0 spiro atoms. The third kappa shape index (κ3) is 5.51. The predicted molar refractivity (Wildman–Crippen MR) is 127 cm³/mol. The van der Waals surface area contributed by atoms with Crippen molar-refractivity contribution >= 4 is 21.6 Å². The average molecular weight is 449 g/mol. The van der Waals surface area contributed by atoms with Gasteiger partial charge in [0.2, 0.25) is 10.0 Å². The molecule has 0 aliphatic carbocycles. The number of amides is 1. The van der Waals surface area contributed by atoms with E-state index in [9.17, 15) is 13.2 Å². The van der Waals surface area contributed by atoms with Crippen LogP contribution in [0, 0.1) is 0 Å². The van der Waals surface area contributed by atoms with Crippen molar-refractivity contribution in [2.75, 3.05) is 18.4 Å². The lowest BCUT2D eigenvalue weighted by Gasteiger charge is -2.19. The molecule has 0 aliphatic rings. The topological polar surface area (TPSA) is 75.7 Å². The number of carbonyl (C=O) groups excluding carboxylic acids is 1. The molecule has 3 aromatic rings. The summed E-state index contributed by atoms with van der Waals surface area (Å²) in [5.74, 6) is 0.759. The van der Waals surface area contributed by atoms with Gasteiger partial charge in [-0.25, -0.2) is 8.42 Å². The first-order valence-electron chi connectivity index (χ1n) is 9.91. The van der Waals surface area contributed by atoms with Gasteiger partial charge in [-0.2, -0.15) is 4.31 Å². The molecule has 0 unspecified atom stereocenters. The van der Waals surface area contributed by atoms with Gasteiger partial charge >= 0.3 is 0 Å². The second-order valence-electron chi connectivity index (χ2n) is 6.79. The van der Waals surface area contributed by atoms with Crippen LogP contribution in [0.5, 0.6) is 11.5 Å². The van der Waals surface area contributed by atoms with Crippen LogP contribution in [0.3, 0.4) is 0 Å². The van der Waals surface area contributed by atoms with Gasteiger partial charge in [0.25, 0.3) is 5.91 Å². The van der Waals surface area contributed by atoms with E-state index in [1.807, 2.05) is 36.4 Å². The zero-order valence-corrected chi connectivity index (χ0v) is 18.3. The number of benzene rings is 3. The fourth-order valence-corrected chi connectivity index (χ4v) is 4.34. The summed E-state index contributed by atoms with van der Waals surface area (Å²) in [7, 11) is -3.73. The molecule has 0 radical (unpaired) electrons. The summed E-state index contributed by atoms with van der Waals surface area (Å²) in [4.78, 5) is 12.9. The molecule has 0 saturated heterocycles. The lowest BCUT2D eigenvalue weighted by Crippen LogP contribution is -2.31. The Morgan fingerprint density at radius 3 is 2.09 bits per heavy atom. The highest BCUT2D eigenvalue weighted by Crippen LogP contribution is 2.29. The number of hydrogen-bond acceptors (Lipinski definition) is 4. The fourth-order valence-electron chi connectivity index (χ4n) is 2.96. The van der Waals surface area contributed by atoms with Crippen LogP contribution in [0.25, 0.3) is 0 Å². The van der Waals surface area contributed by atoms with Gasteiger partial charge < -0.3 is 10.1 Å². The highest BCUT2D eigenvalue weighted by Gasteiger charge is 2.22. The Balaban J connectivity index is 1.77. The van der Waals surface area contributed by atoms with E-state index in [0.717, 1.165) is 0 Å². The van der Waals surface area contributed by atoms with Crippen molar-refractivity contribution < 1.29 is 17.9 Å². The van der Waals surface area contributed by atoms with E-state index >= 15 is 0 Å². The summed E-state index contributed by atoms with van der Waals surface area (Å²) >= 11 is 0. The second-order valence-corrected chi connectivity index (χ2v) is 8.73. The molecule has 1 amide bonds. The Kier molecular flexibility index (Phi) is 7.59. The molecule has 164 valence electrons. The molecule has 0 heterocycles. The summed E-state index contributed by atoms with van der Waals surface area (Å²) in [6.45, 7) is 7.52. The highest BCUT2D eigenvalue weighted by atomic mass is 32.2. The maximum Gasteiger partial charge on any atom is 0.255 e.